The summed E-state index contributed by atoms with van der Waals surface area (Å²) in [6, 6.07) is 9.68. The molecule has 0 saturated heterocycles. The Morgan fingerprint density at radius 3 is 3.04 bits per heavy atom. The number of aliphatic imine (C=N–C) groups is 1. The molecule has 0 aliphatic carbocycles. The summed E-state index contributed by atoms with van der Waals surface area (Å²) in [4.78, 5) is 21.3. The molecule has 0 spiro atoms. The van der Waals surface area contributed by atoms with Gasteiger partial charge in [-0.1, -0.05) is 22.0 Å². The van der Waals surface area contributed by atoms with Crippen molar-refractivity contribution in [3.63, 3.8) is 0 Å². The Morgan fingerprint density at radius 2 is 2.26 bits per heavy atom. The number of carbonyl (C=O) groups excluding carboxylic acids is 1. The molecule has 2 aromatic rings. The van der Waals surface area contributed by atoms with Gasteiger partial charge in [0.2, 0.25) is 0 Å². The van der Waals surface area contributed by atoms with Crippen LogP contribution in [0.3, 0.4) is 0 Å². The number of amidine groups is 1. The van der Waals surface area contributed by atoms with Crippen molar-refractivity contribution in [2.24, 2.45) is 4.99 Å². The first-order valence-corrected chi connectivity index (χ1v) is 9.16. The van der Waals surface area contributed by atoms with Crippen molar-refractivity contribution in [2.75, 3.05) is 13.1 Å². The third-order valence-corrected chi connectivity index (χ3v) is 5.10. The number of pyridine rings is 1. The SMILES string of the molecule is O=Cc1ccc(Br)cc1CSc1cccnc1C1=NCCCN1. The van der Waals surface area contributed by atoms with Crippen molar-refractivity contribution in [1.82, 2.24) is 10.3 Å². The predicted molar refractivity (Wildman–Crippen MR) is 97.4 cm³/mol. The smallest absolute Gasteiger partial charge is 0.150 e. The van der Waals surface area contributed by atoms with E-state index in [2.05, 4.69) is 31.2 Å². The summed E-state index contributed by atoms with van der Waals surface area (Å²) in [5, 5.41) is 3.32. The van der Waals surface area contributed by atoms with Crippen LogP contribution in [0.1, 0.15) is 28.0 Å². The molecule has 4 nitrogen and oxygen atoms in total. The number of rotatable bonds is 5. The third-order valence-electron chi connectivity index (χ3n) is 3.51. The molecule has 0 atom stereocenters. The zero-order valence-corrected chi connectivity index (χ0v) is 14.9. The Bertz CT molecular complexity index is 748. The van der Waals surface area contributed by atoms with Crippen LogP contribution in [-0.4, -0.2) is 30.2 Å². The Balaban J connectivity index is 1.83. The van der Waals surface area contributed by atoms with Gasteiger partial charge < -0.3 is 5.32 Å². The number of thioether (sulfide) groups is 1. The molecule has 0 unspecified atom stereocenters. The number of hydrogen-bond donors (Lipinski definition) is 1. The molecule has 0 saturated carbocycles. The average Bonchev–Trinajstić information content (AvgIpc) is 2.61. The maximum Gasteiger partial charge on any atom is 0.150 e. The normalized spacial score (nSPS) is 14.0. The van der Waals surface area contributed by atoms with E-state index in [-0.39, 0.29) is 0 Å². The maximum absolute atomic E-state index is 11.2. The third kappa shape index (κ3) is 4.00. The lowest BCUT2D eigenvalue weighted by molar-refractivity contribution is 0.112. The van der Waals surface area contributed by atoms with Crippen LogP contribution in [0.4, 0.5) is 0 Å². The molecule has 6 heteroatoms. The lowest BCUT2D eigenvalue weighted by Crippen LogP contribution is -2.31. The second-order valence-corrected chi connectivity index (χ2v) is 7.04. The highest BCUT2D eigenvalue weighted by molar-refractivity contribution is 9.10. The van der Waals surface area contributed by atoms with Crippen molar-refractivity contribution in [2.45, 2.75) is 17.1 Å². The molecule has 1 aliphatic heterocycles. The highest BCUT2D eigenvalue weighted by Gasteiger charge is 2.14. The van der Waals surface area contributed by atoms with E-state index in [0.29, 0.717) is 5.75 Å². The van der Waals surface area contributed by atoms with E-state index >= 15 is 0 Å². The van der Waals surface area contributed by atoms with Crippen molar-refractivity contribution in [3.8, 4) is 0 Å². The summed E-state index contributed by atoms with van der Waals surface area (Å²) >= 11 is 5.13. The second-order valence-electron chi connectivity index (χ2n) is 5.11. The minimum Gasteiger partial charge on any atom is -0.368 e. The summed E-state index contributed by atoms with van der Waals surface area (Å²) in [5.74, 6) is 1.57. The van der Waals surface area contributed by atoms with Gasteiger partial charge in [0.1, 0.15) is 17.8 Å². The Morgan fingerprint density at radius 1 is 1.35 bits per heavy atom. The number of halogens is 1. The van der Waals surface area contributed by atoms with Gasteiger partial charge in [0, 0.05) is 40.0 Å². The van der Waals surface area contributed by atoms with Gasteiger partial charge in [0.05, 0.1) is 0 Å². The fourth-order valence-corrected chi connectivity index (χ4v) is 3.78. The highest BCUT2D eigenvalue weighted by Crippen LogP contribution is 2.28. The molecule has 1 aromatic carbocycles. The van der Waals surface area contributed by atoms with Crippen LogP contribution in [0, 0.1) is 0 Å². The van der Waals surface area contributed by atoms with E-state index in [1.807, 2.05) is 30.3 Å². The predicted octanol–water partition coefficient (Wildman–Crippen LogP) is 3.69. The Kier molecular flexibility index (Phi) is 5.46. The monoisotopic (exact) mass is 389 g/mol. The molecule has 0 radical (unpaired) electrons. The molecule has 1 aliphatic rings. The van der Waals surface area contributed by atoms with E-state index in [1.165, 1.54) is 0 Å². The van der Waals surface area contributed by atoms with E-state index in [9.17, 15) is 4.79 Å². The minimum atomic E-state index is 0.708. The first-order valence-electron chi connectivity index (χ1n) is 7.38. The Hall–Kier alpha value is -1.66. The van der Waals surface area contributed by atoms with Crippen LogP contribution in [0.2, 0.25) is 0 Å². The number of hydrogen-bond acceptors (Lipinski definition) is 5. The second kappa shape index (κ2) is 7.75. The zero-order valence-electron chi connectivity index (χ0n) is 12.5. The van der Waals surface area contributed by atoms with E-state index in [0.717, 1.165) is 57.8 Å². The molecule has 0 fully saturated rings. The van der Waals surface area contributed by atoms with Crippen LogP contribution in [0.15, 0.2) is 50.9 Å². The van der Waals surface area contributed by atoms with Crippen LogP contribution in [0.5, 0.6) is 0 Å². The number of aldehydes is 1. The van der Waals surface area contributed by atoms with Crippen molar-refractivity contribution in [1.29, 1.82) is 0 Å². The van der Waals surface area contributed by atoms with E-state index in [1.54, 1.807) is 18.0 Å². The van der Waals surface area contributed by atoms with Gasteiger partial charge in [-0.15, -0.1) is 11.8 Å². The number of aromatic nitrogens is 1. The van der Waals surface area contributed by atoms with Crippen molar-refractivity contribution in [3.05, 3.63) is 57.8 Å². The summed E-state index contributed by atoms with van der Waals surface area (Å²) in [5.41, 5.74) is 2.62. The van der Waals surface area contributed by atoms with Gasteiger partial charge in [-0.3, -0.25) is 14.8 Å². The first kappa shape index (κ1) is 16.2. The molecule has 23 heavy (non-hydrogen) atoms. The summed E-state index contributed by atoms with van der Waals surface area (Å²) in [6.07, 6.45) is 3.74. The molecule has 2 heterocycles. The van der Waals surface area contributed by atoms with E-state index in [4.69, 9.17) is 0 Å². The van der Waals surface area contributed by atoms with E-state index < -0.39 is 0 Å². The number of carbonyl (C=O) groups is 1. The summed E-state index contributed by atoms with van der Waals surface area (Å²) in [6.45, 7) is 1.77. The van der Waals surface area contributed by atoms with Gasteiger partial charge in [0.25, 0.3) is 0 Å². The number of benzene rings is 1. The topological polar surface area (TPSA) is 54.4 Å². The summed E-state index contributed by atoms with van der Waals surface area (Å²) < 4.78 is 0.975. The van der Waals surface area contributed by atoms with Gasteiger partial charge >= 0.3 is 0 Å². The molecule has 0 bridgehead atoms. The van der Waals surface area contributed by atoms with Crippen molar-refractivity contribution < 1.29 is 4.79 Å². The molecular weight excluding hydrogens is 374 g/mol. The quantitative estimate of drug-likeness (QED) is 0.625. The standard InChI is InChI=1S/C17H16BrN3OS/c18-14-5-4-12(10-22)13(9-14)11-23-15-3-1-6-19-16(15)17-20-7-2-8-21-17/h1,3-6,9-10H,2,7-8,11H2,(H,20,21). The Labute approximate surface area is 147 Å². The number of nitrogens with zero attached hydrogens (tertiary/aromatic N) is 2. The number of nitrogens with one attached hydrogen (secondary N) is 1. The zero-order chi connectivity index (χ0) is 16.1. The molecule has 1 N–H and O–H groups in total. The van der Waals surface area contributed by atoms with Crippen molar-refractivity contribution >= 4 is 39.8 Å². The lowest BCUT2D eigenvalue weighted by Gasteiger charge is -2.16. The van der Waals surface area contributed by atoms with Gasteiger partial charge in [-0.2, -0.15) is 0 Å². The molecule has 0 amide bonds. The van der Waals surface area contributed by atoms with Gasteiger partial charge in [0.15, 0.2) is 0 Å². The van der Waals surface area contributed by atoms with Crippen LogP contribution in [0.25, 0.3) is 0 Å². The summed E-state index contributed by atoms with van der Waals surface area (Å²) in [7, 11) is 0. The fourth-order valence-electron chi connectivity index (χ4n) is 2.35. The largest absolute Gasteiger partial charge is 0.368 e. The lowest BCUT2D eigenvalue weighted by atomic mass is 10.1. The fraction of sp³-hybridized carbons (Fsp3) is 0.235. The molecule has 118 valence electrons. The maximum atomic E-state index is 11.2. The molecule has 1 aromatic heterocycles. The van der Waals surface area contributed by atoms with Crippen LogP contribution < -0.4 is 5.32 Å². The van der Waals surface area contributed by atoms with Gasteiger partial charge in [-0.05, 0) is 36.2 Å². The molecule has 3 rings (SSSR count). The average molecular weight is 390 g/mol. The highest BCUT2D eigenvalue weighted by atomic mass is 79.9. The first-order chi connectivity index (χ1) is 11.3. The molecular formula is C17H16BrN3OS. The van der Waals surface area contributed by atoms with Crippen LogP contribution in [-0.2, 0) is 5.75 Å². The minimum absolute atomic E-state index is 0.708. The van der Waals surface area contributed by atoms with Gasteiger partial charge in [-0.25, -0.2) is 0 Å². The van der Waals surface area contributed by atoms with Crippen LogP contribution >= 0.6 is 27.7 Å².